The number of carboxylic acids is 1. The molecule has 0 bridgehead atoms. The minimum absolute atomic E-state index is 0.145. The Morgan fingerprint density at radius 3 is 2.73 bits per heavy atom. The average molecular weight is 300 g/mol. The van der Waals surface area contributed by atoms with Crippen molar-refractivity contribution in [1.82, 2.24) is 9.88 Å². The van der Waals surface area contributed by atoms with Crippen LogP contribution in [-0.2, 0) is 4.79 Å². The quantitative estimate of drug-likeness (QED) is 0.941. The number of benzene rings is 1. The van der Waals surface area contributed by atoms with Crippen molar-refractivity contribution in [2.24, 2.45) is 0 Å². The molecule has 0 unspecified atom stereocenters. The summed E-state index contributed by atoms with van der Waals surface area (Å²) in [6.07, 6.45) is 3.39. The molecule has 22 heavy (non-hydrogen) atoms. The number of carbonyl (C=O) groups excluding carboxylic acids is 1. The Balaban J connectivity index is 1.83. The van der Waals surface area contributed by atoms with E-state index in [0.717, 1.165) is 18.4 Å². The molecule has 0 radical (unpaired) electrons. The van der Waals surface area contributed by atoms with Gasteiger partial charge >= 0.3 is 5.97 Å². The fourth-order valence-corrected chi connectivity index (χ4v) is 2.66. The smallest absolute Gasteiger partial charge is 0.326 e. The zero-order valence-corrected chi connectivity index (χ0v) is 11.9. The summed E-state index contributed by atoms with van der Waals surface area (Å²) in [6, 6.07) is 8.47. The second kappa shape index (κ2) is 6.01. The van der Waals surface area contributed by atoms with E-state index in [0.29, 0.717) is 18.9 Å². The lowest BCUT2D eigenvalue weighted by Crippen LogP contribution is -2.48. The molecule has 0 aliphatic carbocycles. The SMILES string of the molecule is O=C(O)[C@H]1CCCCN1C(=O)c1coc(-c2ccccc2)n1. The highest BCUT2D eigenvalue weighted by Crippen LogP contribution is 2.22. The van der Waals surface area contributed by atoms with Crippen LogP contribution in [0, 0.1) is 0 Å². The Morgan fingerprint density at radius 2 is 2.00 bits per heavy atom. The number of hydrogen-bond donors (Lipinski definition) is 1. The average Bonchev–Trinajstić information content (AvgIpc) is 3.05. The summed E-state index contributed by atoms with van der Waals surface area (Å²) in [5, 5.41) is 9.25. The first kappa shape index (κ1) is 14.3. The van der Waals surface area contributed by atoms with Crippen molar-refractivity contribution >= 4 is 11.9 Å². The number of aromatic nitrogens is 1. The second-order valence-electron chi connectivity index (χ2n) is 5.25. The van der Waals surface area contributed by atoms with E-state index >= 15 is 0 Å². The second-order valence-corrected chi connectivity index (χ2v) is 5.25. The van der Waals surface area contributed by atoms with Crippen LogP contribution in [0.2, 0.25) is 0 Å². The highest BCUT2D eigenvalue weighted by Gasteiger charge is 2.33. The van der Waals surface area contributed by atoms with Crippen molar-refractivity contribution in [2.75, 3.05) is 6.54 Å². The summed E-state index contributed by atoms with van der Waals surface area (Å²) in [5.74, 6) is -1.01. The summed E-state index contributed by atoms with van der Waals surface area (Å²) in [5.41, 5.74) is 0.919. The summed E-state index contributed by atoms with van der Waals surface area (Å²) < 4.78 is 5.35. The largest absolute Gasteiger partial charge is 0.480 e. The normalized spacial score (nSPS) is 18.2. The number of carboxylic acid groups (broad SMARTS) is 1. The lowest BCUT2D eigenvalue weighted by Gasteiger charge is -2.32. The summed E-state index contributed by atoms with van der Waals surface area (Å²) in [4.78, 5) is 29.4. The van der Waals surface area contributed by atoms with Crippen molar-refractivity contribution in [3.63, 3.8) is 0 Å². The number of likely N-dealkylation sites (tertiary alicyclic amines) is 1. The Hall–Kier alpha value is -2.63. The van der Waals surface area contributed by atoms with E-state index in [9.17, 15) is 14.7 Å². The number of piperidine rings is 1. The van der Waals surface area contributed by atoms with Crippen LogP contribution in [0.4, 0.5) is 0 Å². The van der Waals surface area contributed by atoms with Gasteiger partial charge in [-0.1, -0.05) is 18.2 Å². The molecular formula is C16H16N2O4. The minimum atomic E-state index is -0.972. The van der Waals surface area contributed by atoms with Gasteiger partial charge in [0.2, 0.25) is 5.89 Å². The highest BCUT2D eigenvalue weighted by molar-refractivity contribution is 5.95. The fraction of sp³-hybridized carbons (Fsp3) is 0.312. The predicted octanol–water partition coefficient (Wildman–Crippen LogP) is 2.42. The lowest BCUT2D eigenvalue weighted by molar-refractivity contribution is -0.143. The summed E-state index contributed by atoms with van der Waals surface area (Å²) in [6.45, 7) is 0.434. The van der Waals surface area contributed by atoms with Crippen LogP contribution in [0.25, 0.3) is 11.5 Å². The molecule has 2 aromatic rings. The molecule has 1 aromatic carbocycles. The molecule has 2 heterocycles. The van der Waals surface area contributed by atoms with Crippen LogP contribution >= 0.6 is 0 Å². The molecule has 3 rings (SSSR count). The van der Waals surface area contributed by atoms with Crippen LogP contribution in [0.15, 0.2) is 41.0 Å². The summed E-state index contributed by atoms with van der Waals surface area (Å²) in [7, 11) is 0. The van der Waals surface area contributed by atoms with Crippen molar-refractivity contribution < 1.29 is 19.1 Å². The maximum atomic E-state index is 12.5. The van der Waals surface area contributed by atoms with E-state index in [-0.39, 0.29) is 5.69 Å². The first-order chi connectivity index (χ1) is 10.7. The Bertz CT molecular complexity index is 680. The van der Waals surface area contributed by atoms with Gasteiger partial charge in [-0.2, -0.15) is 0 Å². The van der Waals surface area contributed by atoms with Gasteiger partial charge in [-0.3, -0.25) is 4.79 Å². The Labute approximate surface area is 127 Å². The van der Waals surface area contributed by atoms with E-state index in [4.69, 9.17) is 4.42 Å². The van der Waals surface area contributed by atoms with Crippen LogP contribution in [0.1, 0.15) is 29.8 Å². The van der Waals surface area contributed by atoms with Gasteiger partial charge < -0.3 is 14.4 Å². The third-order valence-electron chi connectivity index (χ3n) is 3.79. The number of amides is 1. The Morgan fingerprint density at radius 1 is 1.23 bits per heavy atom. The molecule has 114 valence electrons. The lowest BCUT2D eigenvalue weighted by atomic mass is 10.0. The summed E-state index contributed by atoms with van der Waals surface area (Å²) >= 11 is 0. The third-order valence-corrected chi connectivity index (χ3v) is 3.79. The third kappa shape index (κ3) is 2.72. The number of rotatable bonds is 3. The molecule has 1 aliphatic rings. The Kier molecular flexibility index (Phi) is 3.91. The standard InChI is InChI=1S/C16H16N2O4/c19-15(18-9-5-4-8-13(18)16(20)21)12-10-22-14(17-12)11-6-2-1-3-7-11/h1-3,6-7,10,13H,4-5,8-9H2,(H,20,21)/t13-/m1/s1. The van der Waals surface area contributed by atoms with Gasteiger partial charge in [-0.05, 0) is 31.4 Å². The van der Waals surface area contributed by atoms with Crippen molar-refractivity contribution in [3.05, 3.63) is 42.3 Å². The molecule has 6 nitrogen and oxygen atoms in total. The van der Waals surface area contributed by atoms with Gasteiger partial charge in [0.25, 0.3) is 5.91 Å². The van der Waals surface area contributed by atoms with Crippen molar-refractivity contribution in [3.8, 4) is 11.5 Å². The molecule has 1 fully saturated rings. The number of hydrogen-bond acceptors (Lipinski definition) is 4. The van der Waals surface area contributed by atoms with Crippen LogP contribution in [0.5, 0.6) is 0 Å². The fourth-order valence-electron chi connectivity index (χ4n) is 2.66. The molecule has 1 saturated heterocycles. The molecule has 1 aromatic heterocycles. The molecular weight excluding hydrogens is 284 g/mol. The number of oxazole rings is 1. The van der Waals surface area contributed by atoms with Gasteiger partial charge in [0.1, 0.15) is 12.3 Å². The van der Waals surface area contributed by atoms with E-state index in [1.807, 2.05) is 30.3 Å². The van der Waals surface area contributed by atoms with Gasteiger partial charge in [-0.25, -0.2) is 9.78 Å². The highest BCUT2D eigenvalue weighted by atomic mass is 16.4. The zero-order valence-electron chi connectivity index (χ0n) is 11.9. The van der Waals surface area contributed by atoms with E-state index in [1.54, 1.807) is 0 Å². The number of carbonyl (C=O) groups is 2. The van der Waals surface area contributed by atoms with Crippen LogP contribution in [-0.4, -0.2) is 39.5 Å². The molecule has 1 aliphatic heterocycles. The van der Waals surface area contributed by atoms with E-state index in [1.165, 1.54) is 11.2 Å². The topological polar surface area (TPSA) is 83.6 Å². The van der Waals surface area contributed by atoms with Gasteiger partial charge in [-0.15, -0.1) is 0 Å². The molecule has 1 N–H and O–H groups in total. The number of aliphatic carboxylic acids is 1. The monoisotopic (exact) mass is 300 g/mol. The van der Waals surface area contributed by atoms with E-state index < -0.39 is 17.9 Å². The maximum Gasteiger partial charge on any atom is 0.326 e. The molecule has 0 saturated carbocycles. The van der Waals surface area contributed by atoms with Crippen molar-refractivity contribution in [1.29, 1.82) is 0 Å². The van der Waals surface area contributed by atoms with Gasteiger partial charge in [0, 0.05) is 12.1 Å². The zero-order chi connectivity index (χ0) is 15.5. The maximum absolute atomic E-state index is 12.5. The minimum Gasteiger partial charge on any atom is -0.480 e. The van der Waals surface area contributed by atoms with Crippen molar-refractivity contribution in [2.45, 2.75) is 25.3 Å². The molecule has 1 atom stereocenters. The molecule has 6 heteroatoms. The van der Waals surface area contributed by atoms with Gasteiger partial charge in [0.15, 0.2) is 5.69 Å². The predicted molar refractivity (Wildman–Crippen MR) is 78.3 cm³/mol. The first-order valence-corrected chi connectivity index (χ1v) is 7.21. The first-order valence-electron chi connectivity index (χ1n) is 7.21. The van der Waals surface area contributed by atoms with Crippen LogP contribution in [0.3, 0.4) is 0 Å². The molecule has 0 spiro atoms. The van der Waals surface area contributed by atoms with Crippen LogP contribution < -0.4 is 0 Å². The number of nitrogens with zero attached hydrogens (tertiary/aromatic N) is 2. The van der Waals surface area contributed by atoms with E-state index in [2.05, 4.69) is 4.98 Å². The van der Waals surface area contributed by atoms with Gasteiger partial charge in [0.05, 0.1) is 0 Å². The molecule has 1 amide bonds.